The van der Waals surface area contributed by atoms with Crippen molar-refractivity contribution in [1.29, 1.82) is 0 Å². The molecule has 1 aromatic heterocycles. The van der Waals surface area contributed by atoms with Gasteiger partial charge in [0, 0.05) is 5.56 Å². The van der Waals surface area contributed by atoms with E-state index in [1.54, 1.807) is 20.8 Å². The van der Waals surface area contributed by atoms with Crippen molar-refractivity contribution in [3.63, 3.8) is 0 Å². The van der Waals surface area contributed by atoms with Crippen LogP contribution < -0.4 is 10.1 Å². The van der Waals surface area contributed by atoms with Gasteiger partial charge in [-0.2, -0.15) is 0 Å². The molecule has 2 rings (SSSR count). The van der Waals surface area contributed by atoms with Crippen LogP contribution in [-0.2, 0) is 19.5 Å². The highest BCUT2D eigenvalue weighted by atomic mass is 32.2. The number of carbonyl (C=O) groups excluding carboxylic acids is 2. The molecule has 0 aliphatic carbocycles. The first-order valence-corrected chi connectivity index (χ1v) is 10.3. The third-order valence-corrected chi connectivity index (χ3v) is 4.52. The topological polar surface area (TPSA) is 129 Å². The summed E-state index contributed by atoms with van der Waals surface area (Å²) in [7, 11) is -4.17. The Kier molecular flexibility index (Phi) is 7.15. The molecule has 158 valence electrons. The number of esters is 1. The zero-order valence-electron chi connectivity index (χ0n) is 16.1. The van der Waals surface area contributed by atoms with Crippen molar-refractivity contribution < 1.29 is 31.9 Å². The van der Waals surface area contributed by atoms with E-state index in [0.29, 0.717) is 11.3 Å². The normalized spacial score (nSPS) is 11.0. The lowest BCUT2D eigenvalue weighted by Crippen LogP contribution is -2.37. The van der Waals surface area contributed by atoms with E-state index in [0.717, 1.165) is 4.68 Å². The molecular formula is C17H21FN4O6S. The smallest absolute Gasteiger partial charge is 0.408 e. The second-order valence-electron chi connectivity index (χ2n) is 5.68. The van der Waals surface area contributed by atoms with Crippen molar-refractivity contribution in [2.45, 2.75) is 20.8 Å². The van der Waals surface area contributed by atoms with Crippen LogP contribution in [0.5, 0.6) is 0 Å². The van der Waals surface area contributed by atoms with Crippen LogP contribution in [0.25, 0.3) is 11.3 Å². The molecule has 0 saturated carbocycles. The fourth-order valence-corrected chi connectivity index (χ4v) is 3.23. The lowest BCUT2D eigenvalue weighted by molar-refractivity contribution is 0.0509. The summed E-state index contributed by atoms with van der Waals surface area (Å²) in [6.45, 7) is 4.84. The molecule has 0 bridgehead atoms. The van der Waals surface area contributed by atoms with Gasteiger partial charge in [0.25, 0.3) is 10.0 Å². The molecule has 0 atom stereocenters. The fourth-order valence-electron chi connectivity index (χ4n) is 2.40. The van der Waals surface area contributed by atoms with Crippen molar-refractivity contribution in [3.05, 3.63) is 41.6 Å². The van der Waals surface area contributed by atoms with Crippen molar-refractivity contribution in [2.75, 3.05) is 23.9 Å². The van der Waals surface area contributed by atoms with Crippen LogP contribution in [0, 0.1) is 12.7 Å². The molecule has 2 aromatic rings. The van der Waals surface area contributed by atoms with Crippen LogP contribution >= 0.6 is 0 Å². The summed E-state index contributed by atoms with van der Waals surface area (Å²) in [6, 6.07) is 5.20. The molecule has 1 heterocycles. The number of halogens is 1. The van der Waals surface area contributed by atoms with Crippen LogP contribution in [0.2, 0.25) is 0 Å². The van der Waals surface area contributed by atoms with Gasteiger partial charge in [0.15, 0.2) is 0 Å². The molecule has 1 amide bonds. The van der Waals surface area contributed by atoms with Gasteiger partial charge in [-0.25, -0.2) is 36.9 Å². The van der Waals surface area contributed by atoms with E-state index in [4.69, 9.17) is 4.74 Å². The number of hydrogen-bond acceptors (Lipinski definition) is 7. The van der Waals surface area contributed by atoms with E-state index < -0.39 is 33.8 Å². The molecule has 0 spiro atoms. The first-order valence-electron chi connectivity index (χ1n) is 8.62. The number of carbonyl (C=O) groups is 2. The number of nitrogens with zero attached hydrogens (tertiary/aromatic N) is 2. The summed E-state index contributed by atoms with van der Waals surface area (Å²) in [6.07, 6.45) is -0.913. The first kappa shape index (κ1) is 22.1. The first-order chi connectivity index (χ1) is 13.7. The molecule has 0 aliphatic rings. The lowest BCUT2D eigenvalue weighted by Gasteiger charge is -2.15. The Morgan fingerprint density at radius 3 is 2.34 bits per heavy atom. The molecule has 2 N–H and O–H groups in total. The van der Waals surface area contributed by atoms with Crippen LogP contribution in [-0.4, -0.2) is 49.2 Å². The van der Waals surface area contributed by atoms with E-state index in [1.165, 1.54) is 24.3 Å². The average Bonchev–Trinajstić information content (AvgIpc) is 2.97. The standard InChI is InChI=1S/C17H21FN4O6S/c1-4-27-16(23)15-20-11(3)14(12-6-8-13(18)9-7-12)22(15)21-29(25,26)10-19-17(24)28-5-2/h6-9,21H,4-5,10H2,1-3H3,(H,19,24). The van der Waals surface area contributed by atoms with E-state index >= 15 is 0 Å². The zero-order valence-corrected chi connectivity index (χ0v) is 16.9. The second-order valence-corrected chi connectivity index (χ2v) is 7.38. The molecule has 12 heteroatoms. The summed E-state index contributed by atoms with van der Waals surface area (Å²) in [5.74, 6) is -2.47. The molecule has 0 saturated heterocycles. The van der Waals surface area contributed by atoms with Gasteiger partial charge in [-0.3, -0.25) is 0 Å². The van der Waals surface area contributed by atoms with Gasteiger partial charge in [0.1, 0.15) is 11.7 Å². The highest BCUT2D eigenvalue weighted by Crippen LogP contribution is 2.25. The SMILES string of the molecule is CCOC(=O)NCS(=O)(=O)Nn1c(C(=O)OCC)nc(C)c1-c1ccc(F)cc1. The minimum Gasteiger partial charge on any atom is -0.460 e. The summed E-state index contributed by atoms with van der Waals surface area (Å²) in [5.41, 5.74) is 0.932. The number of nitrogens with one attached hydrogen (secondary N) is 2. The van der Waals surface area contributed by atoms with E-state index in [1.807, 2.05) is 0 Å². The quantitative estimate of drug-likeness (QED) is 0.613. The van der Waals surface area contributed by atoms with Gasteiger partial charge >= 0.3 is 12.1 Å². The average molecular weight is 428 g/mol. The molecule has 0 unspecified atom stereocenters. The summed E-state index contributed by atoms with van der Waals surface area (Å²) in [4.78, 5) is 29.9. The van der Waals surface area contributed by atoms with Crippen LogP contribution in [0.15, 0.2) is 24.3 Å². The maximum Gasteiger partial charge on any atom is 0.408 e. The zero-order chi connectivity index (χ0) is 21.6. The highest BCUT2D eigenvalue weighted by molar-refractivity contribution is 7.92. The number of ether oxygens (including phenoxy) is 2. The van der Waals surface area contributed by atoms with Gasteiger partial charge < -0.3 is 14.8 Å². The predicted molar refractivity (Wildman–Crippen MR) is 102 cm³/mol. The van der Waals surface area contributed by atoms with Gasteiger partial charge in [0.2, 0.25) is 5.82 Å². The minimum absolute atomic E-state index is 0.0494. The Morgan fingerprint density at radius 2 is 1.76 bits per heavy atom. The number of alkyl carbamates (subject to hydrolysis) is 1. The van der Waals surface area contributed by atoms with Gasteiger partial charge in [-0.1, -0.05) is 0 Å². The maximum atomic E-state index is 13.3. The number of benzene rings is 1. The number of sulfonamides is 1. The van der Waals surface area contributed by atoms with Gasteiger partial charge in [0.05, 0.1) is 24.6 Å². The third-order valence-electron chi connectivity index (χ3n) is 3.54. The van der Waals surface area contributed by atoms with E-state index in [2.05, 4.69) is 19.9 Å². The maximum absolute atomic E-state index is 13.3. The van der Waals surface area contributed by atoms with Gasteiger partial charge in [-0.05, 0) is 45.0 Å². The molecule has 29 heavy (non-hydrogen) atoms. The molecule has 0 fully saturated rings. The fraction of sp³-hybridized carbons (Fsp3) is 0.353. The van der Waals surface area contributed by atoms with Crippen molar-refractivity contribution in [1.82, 2.24) is 15.0 Å². The number of aromatic nitrogens is 2. The Labute approximate surface area is 167 Å². The van der Waals surface area contributed by atoms with E-state index in [-0.39, 0.29) is 24.7 Å². The van der Waals surface area contributed by atoms with E-state index in [9.17, 15) is 22.4 Å². The minimum atomic E-state index is -4.17. The summed E-state index contributed by atoms with van der Waals surface area (Å²) < 4.78 is 48.7. The van der Waals surface area contributed by atoms with Crippen molar-refractivity contribution >= 4 is 22.1 Å². The second kappa shape index (κ2) is 9.37. The van der Waals surface area contributed by atoms with Crippen LogP contribution in [0.1, 0.15) is 30.2 Å². The lowest BCUT2D eigenvalue weighted by atomic mass is 10.1. The number of aryl methyl sites for hydroxylation is 1. The Balaban J connectivity index is 2.45. The number of hydrogen-bond donors (Lipinski definition) is 2. The van der Waals surface area contributed by atoms with Crippen molar-refractivity contribution in [3.8, 4) is 11.3 Å². The van der Waals surface area contributed by atoms with Crippen LogP contribution in [0.3, 0.4) is 0 Å². The monoisotopic (exact) mass is 428 g/mol. The number of rotatable bonds is 8. The Morgan fingerprint density at radius 1 is 1.14 bits per heavy atom. The molecule has 0 radical (unpaired) electrons. The Hall–Kier alpha value is -3.15. The molecule has 0 aliphatic heterocycles. The molecule has 10 nitrogen and oxygen atoms in total. The molecule has 1 aromatic carbocycles. The summed E-state index contributed by atoms with van der Waals surface area (Å²) >= 11 is 0. The predicted octanol–water partition coefficient (Wildman–Crippen LogP) is 1.75. The van der Waals surface area contributed by atoms with Crippen molar-refractivity contribution in [2.24, 2.45) is 0 Å². The largest absolute Gasteiger partial charge is 0.460 e. The third kappa shape index (κ3) is 5.67. The summed E-state index contributed by atoms with van der Waals surface area (Å²) in [5, 5.41) is 2.08. The Bertz CT molecular complexity index is 988. The highest BCUT2D eigenvalue weighted by Gasteiger charge is 2.26. The number of amides is 1. The van der Waals surface area contributed by atoms with Crippen LogP contribution in [0.4, 0.5) is 9.18 Å². The molecular weight excluding hydrogens is 407 g/mol. The number of imidazole rings is 1. The van der Waals surface area contributed by atoms with Gasteiger partial charge in [-0.15, -0.1) is 0 Å².